The van der Waals surface area contributed by atoms with Gasteiger partial charge in [0.2, 0.25) is 10.0 Å². The van der Waals surface area contributed by atoms with Crippen LogP contribution in [-0.2, 0) is 19.6 Å². The molecule has 146 valence electrons. The number of carbonyl (C=O) groups excluding carboxylic acids is 2. The lowest BCUT2D eigenvalue weighted by Crippen LogP contribution is -2.46. The standard InChI is InChI=1S/C18H28N2O5S/c1-7-12(2)20-26(23,24)15-10-8-14(9-11-15)17(22)25-13(3)16(21)19-18(4,5)6/h8-13,20H,7H2,1-6H3,(H,19,21)/t12-,13+/m1/s1. The van der Waals surface area contributed by atoms with Crippen molar-refractivity contribution in [1.29, 1.82) is 0 Å². The van der Waals surface area contributed by atoms with Crippen LogP contribution in [0.15, 0.2) is 29.2 Å². The number of rotatable bonds is 7. The highest BCUT2D eigenvalue weighted by molar-refractivity contribution is 7.89. The summed E-state index contributed by atoms with van der Waals surface area (Å²) in [7, 11) is -3.64. The summed E-state index contributed by atoms with van der Waals surface area (Å²) in [6.45, 7) is 10.6. The van der Waals surface area contributed by atoms with Crippen LogP contribution in [0.3, 0.4) is 0 Å². The molecule has 0 spiro atoms. The van der Waals surface area contributed by atoms with Crippen molar-refractivity contribution in [2.24, 2.45) is 0 Å². The molecule has 0 saturated heterocycles. The number of nitrogens with one attached hydrogen (secondary N) is 2. The number of hydrogen-bond donors (Lipinski definition) is 2. The van der Waals surface area contributed by atoms with Gasteiger partial charge in [-0.05, 0) is 65.3 Å². The summed E-state index contributed by atoms with van der Waals surface area (Å²) in [5, 5.41) is 2.72. The quantitative estimate of drug-likeness (QED) is 0.702. The number of benzene rings is 1. The van der Waals surface area contributed by atoms with E-state index in [1.165, 1.54) is 31.2 Å². The summed E-state index contributed by atoms with van der Waals surface area (Å²) in [6, 6.07) is 5.21. The molecule has 1 aromatic rings. The summed E-state index contributed by atoms with van der Waals surface area (Å²) in [4.78, 5) is 24.2. The molecular formula is C18H28N2O5S. The Morgan fingerprint density at radius 3 is 2.12 bits per heavy atom. The van der Waals surface area contributed by atoms with Gasteiger partial charge < -0.3 is 10.1 Å². The van der Waals surface area contributed by atoms with Gasteiger partial charge in [0.25, 0.3) is 5.91 Å². The number of sulfonamides is 1. The largest absolute Gasteiger partial charge is 0.449 e. The molecule has 0 aromatic heterocycles. The van der Waals surface area contributed by atoms with E-state index in [4.69, 9.17) is 4.74 Å². The van der Waals surface area contributed by atoms with Gasteiger partial charge in [-0.15, -0.1) is 0 Å². The molecule has 0 radical (unpaired) electrons. The fourth-order valence-corrected chi connectivity index (χ4v) is 3.27. The van der Waals surface area contributed by atoms with Crippen molar-refractivity contribution < 1.29 is 22.7 Å². The van der Waals surface area contributed by atoms with Crippen molar-refractivity contribution in [3.63, 3.8) is 0 Å². The third-order valence-corrected chi connectivity index (χ3v) is 5.13. The smallest absolute Gasteiger partial charge is 0.338 e. The average Bonchev–Trinajstić information content (AvgIpc) is 2.52. The number of ether oxygens (including phenoxy) is 1. The van der Waals surface area contributed by atoms with E-state index in [2.05, 4.69) is 10.0 Å². The molecule has 0 bridgehead atoms. The van der Waals surface area contributed by atoms with Gasteiger partial charge in [0.1, 0.15) is 0 Å². The van der Waals surface area contributed by atoms with Gasteiger partial charge in [0.15, 0.2) is 6.10 Å². The molecule has 0 unspecified atom stereocenters. The van der Waals surface area contributed by atoms with Crippen molar-refractivity contribution in [3.05, 3.63) is 29.8 Å². The van der Waals surface area contributed by atoms with Crippen molar-refractivity contribution in [2.45, 2.75) is 70.5 Å². The molecule has 0 heterocycles. The third kappa shape index (κ3) is 6.76. The van der Waals surface area contributed by atoms with Gasteiger partial charge >= 0.3 is 5.97 Å². The van der Waals surface area contributed by atoms with Crippen LogP contribution in [0.25, 0.3) is 0 Å². The predicted molar refractivity (Wildman–Crippen MR) is 99.3 cm³/mol. The van der Waals surface area contributed by atoms with Crippen LogP contribution in [0.1, 0.15) is 58.3 Å². The second-order valence-electron chi connectivity index (χ2n) is 7.24. The lowest BCUT2D eigenvalue weighted by Gasteiger charge is -2.23. The Bertz CT molecular complexity index is 736. The van der Waals surface area contributed by atoms with Gasteiger partial charge in [0, 0.05) is 11.6 Å². The van der Waals surface area contributed by atoms with Gasteiger partial charge in [-0.2, -0.15) is 0 Å². The summed E-state index contributed by atoms with van der Waals surface area (Å²) in [5.74, 6) is -1.09. The van der Waals surface area contributed by atoms with Gasteiger partial charge in [-0.1, -0.05) is 6.92 Å². The molecular weight excluding hydrogens is 356 g/mol. The molecule has 26 heavy (non-hydrogen) atoms. The van der Waals surface area contributed by atoms with Crippen molar-refractivity contribution in [1.82, 2.24) is 10.0 Å². The molecule has 2 atom stereocenters. The zero-order valence-electron chi connectivity index (χ0n) is 16.1. The van der Waals surface area contributed by atoms with E-state index < -0.39 is 33.5 Å². The lowest BCUT2D eigenvalue weighted by atomic mass is 10.1. The fraction of sp³-hybridized carbons (Fsp3) is 0.556. The first-order valence-corrected chi connectivity index (χ1v) is 9.99. The molecule has 0 fully saturated rings. The Morgan fingerprint density at radius 1 is 1.12 bits per heavy atom. The molecule has 1 rings (SSSR count). The average molecular weight is 384 g/mol. The van der Waals surface area contributed by atoms with E-state index in [1.807, 2.05) is 27.7 Å². The summed E-state index contributed by atoms with van der Waals surface area (Å²) in [5.41, 5.74) is -0.265. The van der Waals surface area contributed by atoms with Crippen LogP contribution in [0.5, 0.6) is 0 Å². The highest BCUT2D eigenvalue weighted by atomic mass is 32.2. The molecule has 7 nitrogen and oxygen atoms in total. The Kier molecular flexibility index (Phi) is 7.35. The first-order valence-electron chi connectivity index (χ1n) is 8.51. The topological polar surface area (TPSA) is 102 Å². The maximum Gasteiger partial charge on any atom is 0.338 e. The summed E-state index contributed by atoms with van der Waals surface area (Å²) >= 11 is 0. The van der Waals surface area contributed by atoms with Crippen molar-refractivity contribution in [2.75, 3.05) is 0 Å². The van der Waals surface area contributed by atoms with E-state index in [1.54, 1.807) is 6.92 Å². The Labute approximate surface area is 155 Å². The van der Waals surface area contributed by atoms with Gasteiger partial charge in [-0.3, -0.25) is 4.79 Å². The second kappa shape index (κ2) is 8.64. The third-order valence-electron chi connectivity index (χ3n) is 3.52. The minimum absolute atomic E-state index is 0.0628. The van der Waals surface area contributed by atoms with Crippen LogP contribution in [-0.4, -0.2) is 38.0 Å². The predicted octanol–water partition coefficient (Wildman–Crippen LogP) is 2.22. The molecule has 0 aliphatic rings. The molecule has 1 amide bonds. The maximum absolute atomic E-state index is 12.2. The molecule has 1 aromatic carbocycles. The summed E-state index contributed by atoms with van der Waals surface area (Å²) < 4.78 is 32.1. The van der Waals surface area contributed by atoms with E-state index in [0.717, 1.165) is 0 Å². The SMILES string of the molecule is CC[C@@H](C)NS(=O)(=O)c1ccc(C(=O)O[C@@H](C)C(=O)NC(C)(C)C)cc1. The Balaban J connectivity index is 2.79. The van der Waals surface area contributed by atoms with Crippen LogP contribution in [0.4, 0.5) is 0 Å². The van der Waals surface area contributed by atoms with Crippen LogP contribution in [0, 0.1) is 0 Å². The minimum atomic E-state index is -3.64. The molecule has 0 saturated carbocycles. The molecule has 2 N–H and O–H groups in total. The van der Waals surface area contributed by atoms with Crippen LogP contribution < -0.4 is 10.0 Å². The van der Waals surface area contributed by atoms with Crippen molar-refractivity contribution in [3.8, 4) is 0 Å². The monoisotopic (exact) mass is 384 g/mol. The van der Waals surface area contributed by atoms with Gasteiger partial charge in [0.05, 0.1) is 10.5 Å². The van der Waals surface area contributed by atoms with Crippen molar-refractivity contribution >= 4 is 21.9 Å². The number of amides is 1. The van der Waals surface area contributed by atoms with E-state index in [-0.39, 0.29) is 16.5 Å². The number of esters is 1. The van der Waals surface area contributed by atoms with E-state index in [9.17, 15) is 18.0 Å². The Morgan fingerprint density at radius 2 is 1.65 bits per heavy atom. The highest BCUT2D eigenvalue weighted by Gasteiger charge is 2.23. The zero-order valence-corrected chi connectivity index (χ0v) is 16.9. The first kappa shape index (κ1) is 22.1. The van der Waals surface area contributed by atoms with Gasteiger partial charge in [-0.25, -0.2) is 17.9 Å². The fourth-order valence-electron chi connectivity index (χ4n) is 1.94. The minimum Gasteiger partial charge on any atom is -0.449 e. The first-order chi connectivity index (χ1) is 11.9. The van der Waals surface area contributed by atoms with Crippen LogP contribution >= 0.6 is 0 Å². The van der Waals surface area contributed by atoms with E-state index in [0.29, 0.717) is 6.42 Å². The van der Waals surface area contributed by atoms with E-state index >= 15 is 0 Å². The summed E-state index contributed by atoms with van der Waals surface area (Å²) in [6.07, 6.45) is -0.296. The Hall–Kier alpha value is -1.93. The zero-order chi connectivity index (χ0) is 20.1. The molecule has 8 heteroatoms. The van der Waals surface area contributed by atoms with Crippen LogP contribution in [0.2, 0.25) is 0 Å². The normalized spacial score (nSPS) is 14.4. The molecule has 0 aliphatic carbocycles. The number of carbonyl (C=O) groups is 2. The second-order valence-corrected chi connectivity index (χ2v) is 8.96. The maximum atomic E-state index is 12.2. The lowest BCUT2D eigenvalue weighted by molar-refractivity contribution is -0.130. The molecule has 0 aliphatic heterocycles. The highest BCUT2D eigenvalue weighted by Crippen LogP contribution is 2.13. The number of hydrogen-bond acceptors (Lipinski definition) is 5.